The molecule has 21 heavy (non-hydrogen) atoms. The number of fused-ring (bicyclic) bond motifs is 1. The van der Waals surface area contributed by atoms with Gasteiger partial charge in [0.15, 0.2) is 11.9 Å². The van der Waals surface area contributed by atoms with Gasteiger partial charge in [0.1, 0.15) is 5.82 Å². The van der Waals surface area contributed by atoms with Crippen molar-refractivity contribution in [3.8, 4) is 0 Å². The predicted molar refractivity (Wildman–Crippen MR) is 78.2 cm³/mol. The number of ether oxygens (including phenoxy) is 2. The molecule has 0 amide bonds. The van der Waals surface area contributed by atoms with Gasteiger partial charge in [0.05, 0.1) is 24.7 Å². The first-order valence-electron chi connectivity index (χ1n) is 6.53. The number of aliphatic hydroxyl groups is 1. The summed E-state index contributed by atoms with van der Waals surface area (Å²) >= 11 is 0. The second-order valence-corrected chi connectivity index (χ2v) is 4.33. The first-order chi connectivity index (χ1) is 10.2. The normalized spacial score (nSPS) is 11.3. The zero-order valence-corrected chi connectivity index (χ0v) is 12.3. The number of hydrogen-bond donors (Lipinski definition) is 3. The maximum atomic E-state index is 8.94. The number of aromatic nitrogens is 4. The summed E-state index contributed by atoms with van der Waals surface area (Å²) in [5.41, 5.74) is 0.694. The molecule has 0 atom stereocenters. The third kappa shape index (κ3) is 3.57. The first-order valence-corrected chi connectivity index (χ1v) is 6.53. The molecule has 0 aromatic carbocycles. The number of rotatable bonds is 8. The summed E-state index contributed by atoms with van der Waals surface area (Å²) in [6.45, 7) is 0.832. The first kappa shape index (κ1) is 15.4. The molecule has 2 heterocycles. The molecule has 0 aliphatic heterocycles. The van der Waals surface area contributed by atoms with Gasteiger partial charge in [0.25, 0.3) is 0 Å². The van der Waals surface area contributed by atoms with Crippen LogP contribution in [0, 0.1) is 0 Å². The van der Waals surface area contributed by atoms with E-state index in [1.54, 1.807) is 25.1 Å². The minimum atomic E-state index is -0.385. The molecule has 116 valence electrons. The van der Waals surface area contributed by atoms with Gasteiger partial charge in [0.2, 0.25) is 5.95 Å². The number of nitrogens with one attached hydrogen (secondary N) is 2. The minimum absolute atomic E-state index is 0.0178. The van der Waals surface area contributed by atoms with Crippen molar-refractivity contribution < 1.29 is 14.6 Å². The van der Waals surface area contributed by atoms with Crippen molar-refractivity contribution in [2.75, 3.05) is 44.5 Å². The van der Waals surface area contributed by atoms with Crippen LogP contribution >= 0.6 is 0 Å². The van der Waals surface area contributed by atoms with E-state index in [9.17, 15) is 0 Å². The fourth-order valence-corrected chi connectivity index (χ4v) is 1.85. The van der Waals surface area contributed by atoms with Crippen LogP contribution in [-0.2, 0) is 16.5 Å². The van der Waals surface area contributed by atoms with Crippen LogP contribution in [-0.4, -0.2) is 65.1 Å². The van der Waals surface area contributed by atoms with E-state index < -0.39 is 0 Å². The summed E-state index contributed by atoms with van der Waals surface area (Å²) in [4.78, 5) is 8.79. The number of aliphatic hydroxyl groups excluding tert-OH is 1. The zero-order valence-electron chi connectivity index (χ0n) is 12.3. The number of aryl methyl sites for hydroxylation is 1. The molecule has 0 spiro atoms. The highest BCUT2D eigenvalue weighted by Gasteiger charge is 2.12. The minimum Gasteiger partial charge on any atom is -0.395 e. The summed E-state index contributed by atoms with van der Waals surface area (Å²) in [5, 5.41) is 20.0. The molecule has 0 saturated heterocycles. The van der Waals surface area contributed by atoms with Crippen molar-refractivity contribution in [1.29, 1.82) is 0 Å². The fourth-order valence-electron chi connectivity index (χ4n) is 1.85. The van der Waals surface area contributed by atoms with Crippen LogP contribution in [0.2, 0.25) is 0 Å². The third-order valence-corrected chi connectivity index (χ3v) is 2.95. The molecule has 2 aromatic rings. The maximum absolute atomic E-state index is 8.94. The van der Waals surface area contributed by atoms with Gasteiger partial charge in [-0.2, -0.15) is 15.1 Å². The molecule has 0 saturated carbocycles. The highest BCUT2D eigenvalue weighted by Crippen LogP contribution is 2.21. The van der Waals surface area contributed by atoms with Gasteiger partial charge in [-0.3, -0.25) is 4.68 Å². The third-order valence-electron chi connectivity index (χ3n) is 2.95. The Bertz CT molecular complexity index is 584. The van der Waals surface area contributed by atoms with Crippen LogP contribution < -0.4 is 10.6 Å². The number of methoxy groups -OCH3 is 2. The Balaban J connectivity index is 2.24. The quantitative estimate of drug-likeness (QED) is 0.575. The van der Waals surface area contributed by atoms with Crippen molar-refractivity contribution in [1.82, 2.24) is 19.7 Å². The largest absolute Gasteiger partial charge is 0.395 e. The summed E-state index contributed by atoms with van der Waals surface area (Å²) < 4.78 is 11.9. The number of nitrogens with zero attached hydrogens (tertiary/aromatic N) is 4. The summed E-state index contributed by atoms with van der Waals surface area (Å²) in [6, 6.07) is 0. The van der Waals surface area contributed by atoms with Crippen LogP contribution in [0.3, 0.4) is 0 Å². The molecule has 9 heteroatoms. The van der Waals surface area contributed by atoms with Gasteiger partial charge >= 0.3 is 0 Å². The Morgan fingerprint density at radius 3 is 2.71 bits per heavy atom. The van der Waals surface area contributed by atoms with Crippen LogP contribution in [0.1, 0.15) is 0 Å². The van der Waals surface area contributed by atoms with E-state index in [2.05, 4.69) is 25.7 Å². The molecule has 0 radical (unpaired) electrons. The number of anilines is 2. The van der Waals surface area contributed by atoms with E-state index in [1.807, 2.05) is 7.05 Å². The summed E-state index contributed by atoms with van der Waals surface area (Å²) in [6.07, 6.45) is 1.30. The lowest BCUT2D eigenvalue weighted by molar-refractivity contribution is -0.0914. The lowest BCUT2D eigenvalue weighted by Gasteiger charge is -2.14. The molecule has 2 rings (SSSR count). The average molecular weight is 296 g/mol. The van der Waals surface area contributed by atoms with Crippen molar-refractivity contribution >= 4 is 22.8 Å². The second kappa shape index (κ2) is 7.16. The van der Waals surface area contributed by atoms with Crippen LogP contribution in [0.25, 0.3) is 11.0 Å². The van der Waals surface area contributed by atoms with Crippen LogP contribution in [0.4, 0.5) is 11.8 Å². The van der Waals surface area contributed by atoms with E-state index >= 15 is 0 Å². The Hall–Kier alpha value is -1.97. The van der Waals surface area contributed by atoms with E-state index in [-0.39, 0.29) is 12.9 Å². The van der Waals surface area contributed by atoms with Crippen molar-refractivity contribution in [3.63, 3.8) is 0 Å². The fraction of sp³-hybridized carbons (Fsp3) is 0.583. The van der Waals surface area contributed by atoms with Gasteiger partial charge in [-0.1, -0.05) is 0 Å². The Morgan fingerprint density at radius 1 is 1.29 bits per heavy atom. The van der Waals surface area contributed by atoms with Gasteiger partial charge in [-0.15, -0.1) is 0 Å². The molecule has 0 bridgehead atoms. The Morgan fingerprint density at radius 2 is 2.05 bits per heavy atom. The number of hydrogen-bond acceptors (Lipinski definition) is 8. The zero-order chi connectivity index (χ0) is 15.2. The van der Waals surface area contributed by atoms with Crippen molar-refractivity contribution in [3.05, 3.63) is 6.20 Å². The molecule has 2 aromatic heterocycles. The molecular weight excluding hydrogens is 276 g/mol. The lowest BCUT2D eigenvalue weighted by atomic mass is 10.4. The van der Waals surface area contributed by atoms with E-state index in [1.165, 1.54) is 0 Å². The molecule has 0 fully saturated rings. The highest BCUT2D eigenvalue weighted by atomic mass is 16.7. The molecule has 0 aliphatic carbocycles. The Labute approximate surface area is 122 Å². The predicted octanol–water partition coefficient (Wildman–Crippen LogP) is -0.202. The van der Waals surface area contributed by atoms with Crippen molar-refractivity contribution in [2.24, 2.45) is 7.05 Å². The molecule has 0 unspecified atom stereocenters. The molecular formula is C12H20N6O3. The van der Waals surface area contributed by atoms with Gasteiger partial charge in [-0.25, -0.2) is 0 Å². The van der Waals surface area contributed by atoms with Gasteiger partial charge < -0.3 is 25.2 Å². The smallest absolute Gasteiger partial charge is 0.226 e. The summed E-state index contributed by atoms with van der Waals surface area (Å²) in [7, 11) is 4.94. The monoisotopic (exact) mass is 296 g/mol. The van der Waals surface area contributed by atoms with Gasteiger partial charge in [-0.05, 0) is 0 Å². The molecule has 3 N–H and O–H groups in total. The standard InChI is InChI=1S/C12H20N6O3/c1-18-11-8(6-15-18)10(13-4-5-19)16-12(17-11)14-7-9(20-2)21-3/h6,9,19H,4-5,7H2,1-3H3,(H2,13,14,16,17). The van der Waals surface area contributed by atoms with Gasteiger partial charge in [0, 0.05) is 27.8 Å². The maximum Gasteiger partial charge on any atom is 0.226 e. The highest BCUT2D eigenvalue weighted by molar-refractivity contribution is 5.87. The average Bonchev–Trinajstić information content (AvgIpc) is 2.87. The second-order valence-electron chi connectivity index (χ2n) is 4.33. The van der Waals surface area contributed by atoms with E-state index in [0.717, 1.165) is 5.39 Å². The SMILES string of the molecule is COC(CNc1nc(NCCO)c2cnn(C)c2n1)OC. The summed E-state index contributed by atoms with van der Waals surface area (Å²) in [5.74, 6) is 1.06. The van der Waals surface area contributed by atoms with E-state index in [4.69, 9.17) is 14.6 Å². The van der Waals surface area contributed by atoms with Crippen molar-refractivity contribution in [2.45, 2.75) is 6.29 Å². The Kier molecular flexibility index (Phi) is 5.26. The van der Waals surface area contributed by atoms with Crippen LogP contribution in [0.5, 0.6) is 0 Å². The topological polar surface area (TPSA) is 106 Å². The lowest BCUT2D eigenvalue weighted by Crippen LogP contribution is -2.24. The molecule has 9 nitrogen and oxygen atoms in total. The van der Waals surface area contributed by atoms with E-state index in [0.29, 0.717) is 30.5 Å². The molecule has 0 aliphatic rings. The van der Waals surface area contributed by atoms with Crippen LogP contribution in [0.15, 0.2) is 6.20 Å².